The number of hydrogen-bond acceptors (Lipinski definition) is 3. The van der Waals surface area contributed by atoms with E-state index in [9.17, 15) is 9.59 Å². The monoisotopic (exact) mass is 381 g/mol. The average molecular weight is 381 g/mol. The summed E-state index contributed by atoms with van der Waals surface area (Å²) in [6.45, 7) is 5.77. The SMILES string of the molecule is CC1CCN(C(=O)NCc2ccc(C(=O)O)cc2)CCN1Cc1ccccc1. The summed E-state index contributed by atoms with van der Waals surface area (Å²) >= 11 is 0. The molecular formula is C22H27N3O3. The number of hydrogen-bond donors (Lipinski definition) is 2. The zero-order valence-corrected chi connectivity index (χ0v) is 16.2. The van der Waals surface area contributed by atoms with Crippen LogP contribution in [-0.2, 0) is 13.1 Å². The summed E-state index contributed by atoms with van der Waals surface area (Å²) in [5, 5.41) is 11.9. The van der Waals surface area contributed by atoms with Crippen LogP contribution in [0.1, 0.15) is 34.8 Å². The number of urea groups is 1. The van der Waals surface area contributed by atoms with Crippen LogP contribution in [0.5, 0.6) is 0 Å². The molecule has 6 nitrogen and oxygen atoms in total. The molecule has 2 aromatic rings. The molecule has 0 spiro atoms. The number of aromatic carboxylic acids is 1. The minimum Gasteiger partial charge on any atom is -0.478 e. The van der Waals surface area contributed by atoms with E-state index in [-0.39, 0.29) is 11.6 Å². The lowest BCUT2D eigenvalue weighted by Crippen LogP contribution is -2.41. The Labute approximate surface area is 165 Å². The Morgan fingerprint density at radius 1 is 1.00 bits per heavy atom. The fraction of sp³-hybridized carbons (Fsp3) is 0.364. The fourth-order valence-corrected chi connectivity index (χ4v) is 3.42. The molecule has 0 radical (unpaired) electrons. The summed E-state index contributed by atoms with van der Waals surface area (Å²) in [5.74, 6) is -0.950. The van der Waals surface area contributed by atoms with Gasteiger partial charge in [0.15, 0.2) is 0 Å². The van der Waals surface area contributed by atoms with E-state index in [0.29, 0.717) is 19.1 Å². The molecule has 1 aliphatic heterocycles. The summed E-state index contributed by atoms with van der Waals surface area (Å²) in [4.78, 5) is 27.8. The van der Waals surface area contributed by atoms with Gasteiger partial charge in [0.25, 0.3) is 0 Å². The number of carboxylic acid groups (broad SMARTS) is 1. The zero-order valence-electron chi connectivity index (χ0n) is 16.2. The molecule has 2 aromatic carbocycles. The van der Waals surface area contributed by atoms with Gasteiger partial charge in [-0.05, 0) is 36.6 Å². The Bertz CT molecular complexity index is 792. The van der Waals surface area contributed by atoms with Gasteiger partial charge in [-0.1, -0.05) is 42.5 Å². The maximum absolute atomic E-state index is 12.6. The first-order valence-corrected chi connectivity index (χ1v) is 9.66. The van der Waals surface area contributed by atoms with Gasteiger partial charge >= 0.3 is 12.0 Å². The second kappa shape index (κ2) is 9.37. The molecule has 148 valence electrons. The van der Waals surface area contributed by atoms with E-state index >= 15 is 0 Å². The zero-order chi connectivity index (χ0) is 19.9. The van der Waals surface area contributed by atoms with Gasteiger partial charge in [-0.3, -0.25) is 4.90 Å². The topological polar surface area (TPSA) is 72.9 Å². The van der Waals surface area contributed by atoms with Crippen molar-refractivity contribution in [3.63, 3.8) is 0 Å². The third kappa shape index (κ3) is 5.33. The Morgan fingerprint density at radius 2 is 1.71 bits per heavy atom. The van der Waals surface area contributed by atoms with Gasteiger partial charge in [-0.2, -0.15) is 0 Å². The van der Waals surface area contributed by atoms with Crippen molar-refractivity contribution in [2.75, 3.05) is 19.6 Å². The van der Waals surface area contributed by atoms with Crippen LogP contribution in [0.25, 0.3) is 0 Å². The van der Waals surface area contributed by atoms with Crippen molar-refractivity contribution >= 4 is 12.0 Å². The molecule has 1 unspecified atom stereocenters. The van der Waals surface area contributed by atoms with Crippen molar-refractivity contribution in [1.82, 2.24) is 15.1 Å². The molecule has 28 heavy (non-hydrogen) atoms. The molecule has 0 aliphatic carbocycles. The van der Waals surface area contributed by atoms with E-state index in [0.717, 1.165) is 31.6 Å². The largest absolute Gasteiger partial charge is 0.478 e. The highest BCUT2D eigenvalue weighted by atomic mass is 16.4. The predicted molar refractivity (Wildman–Crippen MR) is 108 cm³/mol. The van der Waals surface area contributed by atoms with Crippen molar-refractivity contribution in [3.05, 3.63) is 71.3 Å². The van der Waals surface area contributed by atoms with Gasteiger partial charge in [-0.15, -0.1) is 0 Å². The predicted octanol–water partition coefficient (Wildman–Crippen LogP) is 3.19. The van der Waals surface area contributed by atoms with Crippen LogP contribution >= 0.6 is 0 Å². The number of nitrogens with one attached hydrogen (secondary N) is 1. The number of nitrogens with zero attached hydrogens (tertiary/aromatic N) is 2. The second-order valence-corrected chi connectivity index (χ2v) is 7.24. The Morgan fingerprint density at radius 3 is 2.39 bits per heavy atom. The lowest BCUT2D eigenvalue weighted by Gasteiger charge is -2.26. The molecule has 6 heteroatoms. The van der Waals surface area contributed by atoms with Crippen LogP contribution < -0.4 is 5.32 Å². The van der Waals surface area contributed by atoms with Crippen LogP contribution in [0, 0.1) is 0 Å². The molecule has 1 atom stereocenters. The van der Waals surface area contributed by atoms with Gasteiger partial charge < -0.3 is 15.3 Å². The summed E-state index contributed by atoms with van der Waals surface area (Å²) in [6.07, 6.45) is 0.938. The van der Waals surface area contributed by atoms with Crippen LogP contribution in [-0.4, -0.2) is 52.6 Å². The van der Waals surface area contributed by atoms with Crippen molar-refractivity contribution in [1.29, 1.82) is 0 Å². The second-order valence-electron chi connectivity index (χ2n) is 7.24. The average Bonchev–Trinajstić information content (AvgIpc) is 2.89. The molecule has 0 saturated carbocycles. The lowest BCUT2D eigenvalue weighted by molar-refractivity contribution is 0.0697. The van der Waals surface area contributed by atoms with Gasteiger partial charge in [-0.25, -0.2) is 9.59 Å². The van der Waals surface area contributed by atoms with E-state index in [1.807, 2.05) is 11.0 Å². The third-order valence-electron chi connectivity index (χ3n) is 5.26. The molecule has 1 heterocycles. The lowest BCUT2D eigenvalue weighted by atomic mass is 10.1. The first kappa shape index (κ1) is 19.9. The van der Waals surface area contributed by atoms with Crippen molar-refractivity contribution < 1.29 is 14.7 Å². The Hall–Kier alpha value is -2.86. The van der Waals surface area contributed by atoms with Gasteiger partial charge in [0.1, 0.15) is 0 Å². The highest BCUT2D eigenvalue weighted by Crippen LogP contribution is 2.15. The summed E-state index contributed by atoms with van der Waals surface area (Å²) < 4.78 is 0. The van der Waals surface area contributed by atoms with Gasteiger partial charge in [0.2, 0.25) is 0 Å². The number of amides is 2. The molecule has 2 N–H and O–H groups in total. The number of carboxylic acids is 1. The van der Waals surface area contributed by atoms with E-state index in [4.69, 9.17) is 5.11 Å². The fourth-order valence-electron chi connectivity index (χ4n) is 3.42. The van der Waals surface area contributed by atoms with Gasteiger partial charge in [0, 0.05) is 38.8 Å². The van der Waals surface area contributed by atoms with Crippen LogP contribution in [0.2, 0.25) is 0 Å². The summed E-state index contributed by atoms with van der Waals surface area (Å²) in [5.41, 5.74) is 2.42. The third-order valence-corrected chi connectivity index (χ3v) is 5.26. The highest BCUT2D eigenvalue weighted by Gasteiger charge is 2.23. The first-order chi connectivity index (χ1) is 13.5. The van der Waals surface area contributed by atoms with E-state index in [1.54, 1.807) is 24.3 Å². The van der Waals surface area contributed by atoms with E-state index < -0.39 is 5.97 Å². The molecule has 3 rings (SSSR count). The number of benzene rings is 2. The molecule has 1 saturated heterocycles. The van der Waals surface area contributed by atoms with E-state index in [1.165, 1.54) is 5.56 Å². The quantitative estimate of drug-likeness (QED) is 0.834. The normalized spacial score (nSPS) is 17.8. The maximum Gasteiger partial charge on any atom is 0.335 e. The van der Waals surface area contributed by atoms with Crippen molar-refractivity contribution in [2.45, 2.75) is 32.5 Å². The molecule has 0 aromatic heterocycles. The maximum atomic E-state index is 12.6. The highest BCUT2D eigenvalue weighted by molar-refractivity contribution is 5.87. The number of carbonyl (C=O) groups excluding carboxylic acids is 1. The van der Waals surface area contributed by atoms with Crippen molar-refractivity contribution in [3.8, 4) is 0 Å². The summed E-state index contributed by atoms with van der Waals surface area (Å²) in [7, 11) is 0. The molecule has 1 fully saturated rings. The van der Waals surface area contributed by atoms with Crippen LogP contribution in [0.4, 0.5) is 4.79 Å². The van der Waals surface area contributed by atoms with Crippen LogP contribution in [0.15, 0.2) is 54.6 Å². The molecule has 1 aliphatic rings. The minimum absolute atomic E-state index is 0.0731. The molecule has 0 bridgehead atoms. The molecule has 2 amide bonds. The standard InChI is InChI=1S/C22H27N3O3/c1-17-11-12-24(13-14-25(17)16-19-5-3-2-4-6-19)22(28)23-15-18-7-9-20(10-8-18)21(26)27/h2-10,17H,11-16H2,1H3,(H,23,28)(H,26,27). The van der Waals surface area contributed by atoms with E-state index in [2.05, 4.69) is 41.4 Å². The smallest absolute Gasteiger partial charge is 0.335 e. The first-order valence-electron chi connectivity index (χ1n) is 9.66. The summed E-state index contributed by atoms with van der Waals surface area (Å²) in [6, 6.07) is 17.3. The number of carbonyl (C=O) groups is 2. The Kier molecular flexibility index (Phi) is 6.66. The molecular weight excluding hydrogens is 354 g/mol. The number of rotatable bonds is 5. The van der Waals surface area contributed by atoms with Crippen LogP contribution in [0.3, 0.4) is 0 Å². The minimum atomic E-state index is -0.950. The van der Waals surface area contributed by atoms with Crippen molar-refractivity contribution in [2.24, 2.45) is 0 Å². The Balaban J connectivity index is 1.51. The van der Waals surface area contributed by atoms with Gasteiger partial charge in [0.05, 0.1) is 5.56 Å².